The van der Waals surface area contributed by atoms with Gasteiger partial charge in [0.15, 0.2) is 0 Å². The van der Waals surface area contributed by atoms with E-state index in [1.165, 1.54) is 17.2 Å². The van der Waals surface area contributed by atoms with E-state index in [2.05, 4.69) is 66.1 Å². The van der Waals surface area contributed by atoms with Crippen LogP contribution in [-0.2, 0) is 18.5 Å². The van der Waals surface area contributed by atoms with Crippen LogP contribution < -0.4 is 0 Å². The summed E-state index contributed by atoms with van der Waals surface area (Å²) >= 11 is 0. The monoisotopic (exact) mass is 361 g/mol. The van der Waals surface area contributed by atoms with Crippen molar-refractivity contribution in [2.75, 3.05) is 0 Å². The Bertz CT molecular complexity index is 978. The van der Waals surface area contributed by atoms with Crippen LogP contribution in [0.5, 0.6) is 0 Å². The van der Waals surface area contributed by atoms with Gasteiger partial charge >= 0.3 is 0 Å². The fraction of sp³-hybridized carbons (Fsp3) is 0.261. The SMILES string of the molecule is CC(C)(C)c1ccc(CN2C=Cc3nc(-c4ccccc4F)[nH]c3C2)cc1. The number of halogens is 1. The molecule has 4 rings (SSSR count). The Morgan fingerprint density at radius 2 is 1.81 bits per heavy atom. The highest BCUT2D eigenvalue weighted by Gasteiger charge is 2.18. The molecule has 2 heterocycles. The maximum atomic E-state index is 14.0. The molecule has 3 nitrogen and oxygen atoms in total. The number of imidazole rings is 1. The van der Waals surface area contributed by atoms with Crippen LogP contribution in [0.15, 0.2) is 54.7 Å². The Balaban J connectivity index is 1.50. The molecule has 0 aliphatic carbocycles. The molecule has 0 radical (unpaired) electrons. The van der Waals surface area contributed by atoms with E-state index >= 15 is 0 Å². The van der Waals surface area contributed by atoms with E-state index in [9.17, 15) is 4.39 Å². The molecule has 0 amide bonds. The van der Waals surface area contributed by atoms with Gasteiger partial charge in [-0.25, -0.2) is 9.37 Å². The predicted octanol–water partition coefficient (Wildman–Crippen LogP) is 5.50. The van der Waals surface area contributed by atoms with Crippen molar-refractivity contribution < 1.29 is 4.39 Å². The molecule has 138 valence electrons. The maximum absolute atomic E-state index is 14.0. The van der Waals surface area contributed by atoms with Gasteiger partial charge in [0.2, 0.25) is 0 Å². The number of benzene rings is 2. The molecule has 0 bridgehead atoms. The van der Waals surface area contributed by atoms with Crippen LogP contribution in [-0.4, -0.2) is 14.9 Å². The summed E-state index contributed by atoms with van der Waals surface area (Å²) in [5.41, 5.74) is 5.17. The lowest BCUT2D eigenvalue weighted by Crippen LogP contribution is -2.19. The minimum absolute atomic E-state index is 0.164. The van der Waals surface area contributed by atoms with Gasteiger partial charge in [-0.3, -0.25) is 0 Å². The summed E-state index contributed by atoms with van der Waals surface area (Å²) < 4.78 is 14.0. The first-order valence-electron chi connectivity index (χ1n) is 9.25. The fourth-order valence-electron chi connectivity index (χ4n) is 3.35. The first kappa shape index (κ1) is 17.5. The summed E-state index contributed by atoms with van der Waals surface area (Å²) in [5.74, 6) is 0.322. The van der Waals surface area contributed by atoms with Crippen LogP contribution >= 0.6 is 0 Å². The molecule has 27 heavy (non-hydrogen) atoms. The normalized spacial score (nSPS) is 13.7. The van der Waals surface area contributed by atoms with Crippen molar-refractivity contribution in [3.63, 3.8) is 0 Å². The van der Waals surface area contributed by atoms with Gasteiger partial charge in [-0.2, -0.15) is 0 Å². The lowest BCUT2D eigenvalue weighted by atomic mass is 9.87. The molecule has 3 aromatic rings. The summed E-state index contributed by atoms with van der Waals surface area (Å²) in [5, 5.41) is 0. The maximum Gasteiger partial charge on any atom is 0.141 e. The first-order chi connectivity index (χ1) is 12.9. The molecule has 1 aliphatic rings. The third-order valence-electron chi connectivity index (χ3n) is 4.95. The largest absolute Gasteiger partial charge is 0.367 e. The number of H-pyrrole nitrogens is 1. The Hall–Kier alpha value is -2.88. The van der Waals surface area contributed by atoms with Crippen molar-refractivity contribution in [3.05, 3.63) is 83.1 Å². The van der Waals surface area contributed by atoms with Crippen molar-refractivity contribution in [3.8, 4) is 11.4 Å². The first-order valence-corrected chi connectivity index (χ1v) is 9.25. The number of hydrogen-bond donors (Lipinski definition) is 1. The van der Waals surface area contributed by atoms with Crippen molar-refractivity contribution >= 4 is 6.08 Å². The predicted molar refractivity (Wildman–Crippen MR) is 107 cm³/mol. The lowest BCUT2D eigenvalue weighted by Gasteiger charge is -2.24. The third-order valence-corrected chi connectivity index (χ3v) is 4.95. The van der Waals surface area contributed by atoms with Crippen LogP contribution in [0.4, 0.5) is 4.39 Å². The molecule has 0 unspecified atom stereocenters. The highest BCUT2D eigenvalue weighted by molar-refractivity contribution is 5.61. The van der Waals surface area contributed by atoms with Gasteiger partial charge in [-0.1, -0.05) is 57.2 Å². The van der Waals surface area contributed by atoms with E-state index in [1.54, 1.807) is 12.1 Å². The number of aromatic amines is 1. The van der Waals surface area contributed by atoms with Crippen LogP contribution in [0.25, 0.3) is 17.5 Å². The van der Waals surface area contributed by atoms with Crippen molar-refractivity contribution in [1.29, 1.82) is 0 Å². The highest BCUT2D eigenvalue weighted by atomic mass is 19.1. The minimum atomic E-state index is -0.261. The fourth-order valence-corrected chi connectivity index (χ4v) is 3.35. The van der Waals surface area contributed by atoms with Gasteiger partial charge in [-0.15, -0.1) is 0 Å². The summed E-state index contributed by atoms with van der Waals surface area (Å²) in [4.78, 5) is 10.1. The van der Waals surface area contributed by atoms with E-state index in [0.29, 0.717) is 11.4 Å². The summed E-state index contributed by atoms with van der Waals surface area (Å²) in [6.45, 7) is 8.23. The van der Waals surface area contributed by atoms with Crippen molar-refractivity contribution in [2.45, 2.75) is 39.3 Å². The molecular formula is C23H24FN3. The van der Waals surface area contributed by atoms with Gasteiger partial charge in [0.05, 0.1) is 23.5 Å². The third kappa shape index (κ3) is 3.65. The van der Waals surface area contributed by atoms with Gasteiger partial charge in [0, 0.05) is 12.7 Å². The van der Waals surface area contributed by atoms with Gasteiger partial charge < -0.3 is 9.88 Å². The second-order valence-corrected chi connectivity index (χ2v) is 8.10. The smallest absolute Gasteiger partial charge is 0.141 e. The molecule has 4 heteroatoms. The quantitative estimate of drug-likeness (QED) is 0.668. The van der Waals surface area contributed by atoms with Crippen molar-refractivity contribution in [2.24, 2.45) is 0 Å². The second-order valence-electron chi connectivity index (χ2n) is 8.10. The molecule has 1 aromatic heterocycles. The highest BCUT2D eigenvalue weighted by Crippen LogP contribution is 2.26. The number of nitrogens with one attached hydrogen (secondary N) is 1. The number of nitrogens with zero attached hydrogens (tertiary/aromatic N) is 2. The standard InChI is InChI=1S/C23H24FN3/c1-23(2,3)17-10-8-16(9-11-17)14-27-13-12-20-21(15-27)26-22(25-20)18-6-4-5-7-19(18)24/h4-13H,14-15H2,1-3H3,(H,25,26). The number of rotatable bonds is 3. The zero-order chi connectivity index (χ0) is 19.0. The van der Waals surface area contributed by atoms with E-state index in [4.69, 9.17) is 0 Å². The number of aromatic nitrogens is 2. The van der Waals surface area contributed by atoms with Crippen molar-refractivity contribution in [1.82, 2.24) is 14.9 Å². The summed E-state index contributed by atoms with van der Waals surface area (Å²) in [7, 11) is 0. The summed E-state index contributed by atoms with van der Waals surface area (Å²) in [6.07, 6.45) is 4.05. The molecule has 0 saturated heterocycles. The average molecular weight is 361 g/mol. The molecule has 0 atom stereocenters. The molecule has 1 aliphatic heterocycles. The van der Waals surface area contributed by atoms with E-state index in [0.717, 1.165) is 24.5 Å². The molecule has 0 spiro atoms. The lowest BCUT2D eigenvalue weighted by molar-refractivity contribution is 0.355. The topological polar surface area (TPSA) is 31.9 Å². The van der Waals surface area contributed by atoms with Gasteiger partial charge in [-0.05, 0) is 34.8 Å². The van der Waals surface area contributed by atoms with Crippen LogP contribution in [0.2, 0.25) is 0 Å². The molecular weight excluding hydrogens is 337 g/mol. The van der Waals surface area contributed by atoms with E-state index in [1.807, 2.05) is 12.1 Å². The zero-order valence-corrected chi connectivity index (χ0v) is 16.0. The van der Waals surface area contributed by atoms with Crippen LogP contribution in [0.3, 0.4) is 0 Å². The molecule has 0 fully saturated rings. The minimum Gasteiger partial charge on any atom is -0.367 e. The van der Waals surface area contributed by atoms with Crippen LogP contribution in [0, 0.1) is 5.82 Å². The Kier molecular flexibility index (Phi) is 4.34. The average Bonchev–Trinajstić information content (AvgIpc) is 3.05. The van der Waals surface area contributed by atoms with Crippen LogP contribution in [0.1, 0.15) is 43.3 Å². The Labute approximate surface area is 159 Å². The molecule has 0 saturated carbocycles. The molecule has 1 N–H and O–H groups in total. The van der Waals surface area contributed by atoms with E-state index < -0.39 is 0 Å². The number of fused-ring (bicyclic) bond motifs is 1. The van der Waals surface area contributed by atoms with Gasteiger partial charge in [0.25, 0.3) is 0 Å². The Morgan fingerprint density at radius 3 is 2.52 bits per heavy atom. The molecule has 2 aromatic carbocycles. The summed E-state index contributed by atoms with van der Waals surface area (Å²) in [6, 6.07) is 15.5. The second kappa shape index (κ2) is 6.69. The number of hydrogen-bond acceptors (Lipinski definition) is 2. The Morgan fingerprint density at radius 1 is 1.07 bits per heavy atom. The van der Waals surface area contributed by atoms with E-state index in [-0.39, 0.29) is 11.2 Å². The zero-order valence-electron chi connectivity index (χ0n) is 16.0. The van der Waals surface area contributed by atoms with Gasteiger partial charge in [0.1, 0.15) is 11.6 Å².